The molecule has 0 saturated carbocycles. The van der Waals surface area contributed by atoms with Gasteiger partial charge in [0.05, 0.1) is 6.07 Å². The highest BCUT2D eigenvalue weighted by atomic mass is 16.4. The third kappa shape index (κ3) is 2.42. The van der Waals surface area contributed by atoms with Crippen LogP contribution in [0.5, 0.6) is 0 Å². The molecule has 0 fully saturated rings. The number of H-pyrrole nitrogens is 1. The van der Waals surface area contributed by atoms with Gasteiger partial charge in [-0.1, -0.05) is 25.5 Å². The van der Waals surface area contributed by atoms with Crippen molar-refractivity contribution in [1.29, 1.82) is 5.26 Å². The van der Waals surface area contributed by atoms with Gasteiger partial charge in [0.1, 0.15) is 5.52 Å². The van der Waals surface area contributed by atoms with E-state index in [1.807, 2.05) is 31.2 Å². The highest BCUT2D eigenvalue weighted by molar-refractivity contribution is 5.73. The summed E-state index contributed by atoms with van der Waals surface area (Å²) in [4.78, 5) is 16.9. The van der Waals surface area contributed by atoms with Gasteiger partial charge < -0.3 is 4.42 Å². The van der Waals surface area contributed by atoms with Gasteiger partial charge in [-0.25, -0.2) is 0 Å². The summed E-state index contributed by atoms with van der Waals surface area (Å²) in [6.45, 7) is 2.04. The first kappa shape index (κ1) is 14.1. The lowest BCUT2D eigenvalue weighted by molar-refractivity contribution is 0.534. The molecule has 1 N–H and O–H groups in total. The van der Waals surface area contributed by atoms with E-state index in [0.29, 0.717) is 29.5 Å². The molecule has 0 radical (unpaired) electrons. The molecule has 0 aliphatic heterocycles. The minimum Gasteiger partial charge on any atom is -0.422 e. The third-order valence-corrected chi connectivity index (χ3v) is 3.53. The molecule has 6 heteroatoms. The Bertz CT molecular complexity index is 862. The Kier molecular flexibility index (Phi) is 3.79. The van der Waals surface area contributed by atoms with E-state index in [-0.39, 0.29) is 11.6 Å². The maximum atomic E-state index is 12.6. The fraction of sp³-hybridized carbons (Fsp3) is 0.312. The molecule has 0 amide bonds. The first-order valence-corrected chi connectivity index (χ1v) is 7.30. The van der Waals surface area contributed by atoms with Crippen molar-refractivity contribution in [2.75, 3.05) is 0 Å². The third-order valence-electron chi connectivity index (χ3n) is 3.53. The van der Waals surface area contributed by atoms with Crippen LogP contribution in [-0.2, 0) is 12.8 Å². The van der Waals surface area contributed by atoms with E-state index in [1.54, 1.807) is 0 Å². The van der Waals surface area contributed by atoms with Crippen LogP contribution >= 0.6 is 0 Å². The Morgan fingerprint density at radius 2 is 2.18 bits per heavy atom. The van der Waals surface area contributed by atoms with Crippen LogP contribution in [-0.4, -0.2) is 14.8 Å². The number of aryl methyl sites for hydroxylation is 1. The van der Waals surface area contributed by atoms with Crippen LogP contribution in [0.15, 0.2) is 33.5 Å². The summed E-state index contributed by atoms with van der Waals surface area (Å²) in [6.07, 6.45) is 2.42. The van der Waals surface area contributed by atoms with Crippen molar-refractivity contribution < 1.29 is 4.42 Å². The molecule has 0 spiro atoms. The van der Waals surface area contributed by atoms with Crippen LogP contribution < -0.4 is 5.56 Å². The molecule has 0 atom stereocenters. The first-order chi connectivity index (χ1) is 10.7. The van der Waals surface area contributed by atoms with Crippen molar-refractivity contribution in [3.05, 3.63) is 45.9 Å². The fourth-order valence-electron chi connectivity index (χ4n) is 2.50. The number of hydrogen-bond donors (Lipinski definition) is 1. The summed E-state index contributed by atoms with van der Waals surface area (Å²) in [7, 11) is 0. The van der Waals surface area contributed by atoms with Gasteiger partial charge in [0.15, 0.2) is 5.58 Å². The molecule has 1 aromatic carbocycles. The summed E-state index contributed by atoms with van der Waals surface area (Å²) in [5, 5.41) is 11.8. The van der Waals surface area contributed by atoms with Crippen molar-refractivity contribution in [1.82, 2.24) is 14.8 Å². The summed E-state index contributed by atoms with van der Waals surface area (Å²) in [5.74, 6) is 0. The van der Waals surface area contributed by atoms with Crippen molar-refractivity contribution in [2.24, 2.45) is 0 Å². The van der Waals surface area contributed by atoms with Crippen molar-refractivity contribution in [3.63, 3.8) is 0 Å². The minimum absolute atomic E-state index is 0.190. The Morgan fingerprint density at radius 3 is 2.91 bits per heavy atom. The monoisotopic (exact) mass is 296 g/mol. The van der Waals surface area contributed by atoms with E-state index < -0.39 is 0 Å². The van der Waals surface area contributed by atoms with Gasteiger partial charge in [-0.05, 0) is 25.0 Å². The molecule has 112 valence electrons. The highest BCUT2D eigenvalue weighted by Gasteiger charge is 2.17. The maximum absolute atomic E-state index is 12.6. The van der Waals surface area contributed by atoms with E-state index in [1.165, 1.54) is 4.68 Å². The van der Waals surface area contributed by atoms with Crippen LogP contribution in [0.25, 0.3) is 17.1 Å². The van der Waals surface area contributed by atoms with Gasteiger partial charge in [0.25, 0.3) is 5.56 Å². The Balaban J connectivity index is 2.10. The van der Waals surface area contributed by atoms with E-state index in [2.05, 4.69) is 16.2 Å². The number of rotatable bonds is 5. The smallest absolute Gasteiger partial charge is 0.325 e. The van der Waals surface area contributed by atoms with Crippen molar-refractivity contribution in [3.8, 4) is 12.1 Å². The molecule has 22 heavy (non-hydrogen) atoms. The number of oxazole rings is 1. The highest BCUT2D eigenvalue weighted by Crippen LogP contribution is 2.17. The molecule has 3 rings (SSSR count). The number of nitriles is 1. The molecule has 2 aromatic heterocycles. The average molecular weight is 296 g/mol. The van der Waals surface area contributed by atoms with Crippen molar-refractivity contribution >= 4 is 11.1 Å². The number of aromatic nitrogens is 3. The lowest BCUT2D eigenvalue weighted by atomic mass is 10.1. The molecular weight excluding hydrogens is 280 g/mol. The summed E-state index contributed by atoms with van der Waals surface area (Å²) >= 11 is 0. The molecule has 0 unspecified atom stereocenters. The fourth-order valence-corrected chi connectivity index (χ4v) is 2.50. The zero-order valence-corrected chi connectivity index (χ0v) is 12.3. The number of nitrogens with zero attached hydrogens (tertiary/aromatic N) is 3. The van der Waals surface area contributed by atoms with Crippen molar-refractivity contribution in [2.45, 2.75) is 32.6 Å². The second kappa shape index (κ2) is 5.90. The van der Waals surface area contributed by atoms with Crippen LogP contribution in [0, 0.1) is 11.3 Å². The summed E-state index contributed by atoms with van der Waals surface area (Å²) in [6, 6.07) is 9.68. The molecule has 0 bridgehead atoms. The predicted octanol–water partition coefficient (Wildman–Crippen LogP) is 2.72. The number of para-hydroxylation sites is 2. The van der Waals surface area contributed by atoms with E-state index in [9.17, 15) is 4.79 Å². The van der Waals surface area contributed by atoms with E-state index in [0.717, 1.165) is 18.5 Å². The Hall–Kier alpha value is -2.81. The lowest BCUT2D eigenvalue weighted by Crippen LogP contribution is -2.17. The number of hydrogen-bond acceptors (Lipinski definition) is 4. The predicted molar refractivity (Wildman–Crippen MR) is 81.9 cm³/mol. The van der Waals surface area contributed by atoms with Crippen LogP contribution in [0.3, 0.4) is 0 Å². The lowest BCUT2D eigenvalue weighted by Gasteiger charge is -1.96. The standard InChI is InChI=1S/C16H16N4O2/c1-2-6-12-11(7-5-10-17)15(21)20(19-12)16-18-13-8-3-4-9-14(13)22-16/h3-4,8-9,19H,2,5-7H2,1H3. The molecule has 0 aliphatic rings. The number of benzene rings is 1. The van der Waals surface area contributed by atoms with E-state index >= 15 is 0 Å². The largest absolute Gasteiger partial charge is 0.422 e. The van der Waals surface area contributed by atoms with E-state index in [4.69, 9.17) is 9.68 Å². The van der Waals surface area contributed by atoms with Crippen LogP contribution in [0.1, 0.15) is 31.0 Å². The average Bonchev–Trinajstić information content (AvgIpc) is 3.07. The van der Waals surface area contributed by atoms with Gasteiger partial charge in [0, 0.05) is 17.7 Å². The second-order valence-corrected chi connectivity index (χ2v) is 5.08. The van der Waals surface area contributed by atoms with Gasteiger partial charge in [-0.3, -0.25) is 9.89 Å². The summed E-state index contributed by atoms with van der Waals surface area (Å²) in [5.41, 5.74) is 2.64. The molecular formula is C16H16N4O2. The Labute approximate surface area is 127 Å². The van der Waals surface area contributed by atoms with Gasteiger partial charge in [-0.15, -0.1) is 0 Å². The Morgan fingerprint density at radius 1 is 1.36 bits per heavy atom. The quantitative estimate of drug-likeness (QED) is 0.784. The molecule has 6 nitrogen and oxygen atoms in total. The second-order valence-electron chi connectivity index (χ2n) is 5.08. The molecule has 3 aromatic rings. The maximum Gasteiger partial charge on any atom is 0.325 e. The van der Waals surface area contributed by atoms with Gasteiger partial charge in [-0.2, -0.15) is 14.9 Å². The number of aromatic amines is 1. The molecule has 0 saturated heterocycles. The number of nitrogens with one attached hydrogen (secondary N) is 1. The zero-order valence-electron chi connectivity index (χ0n) is 12.3. The van der Waals surface area contributed by atoms with Crippen LogP contribution in [0.4, 0.5) is 0 Å². The van der Waals surface area contributed by atoms with Crippen LogP contribution in [0.2, 0.25) is 0 Å². The minimum atomic E-state index is -0.190. The first-order valence-electron chi connectivity index (χ1n) is 7.30. The SMILES string of the molecule is CCCc1[nH]n(-c2nc3ccccc3o2)c(=O)c1CCC#N. The molecule has 0 aliphatic carbocycles. The van der Waals surface area contributed by atoms with Gasteiger partial charge in [0.2, 0.25) is 0 Å². The topological polar surface area (TPSA) is 87.6 Å². The molecule has 2 heterocycles. The zero-order chi connectivity index (χ0) is 15.5. The summed E-state index contributed by atoms with van der Waals surface area (Å²) < 4.78 is 6.97. The van der Waals surface area contributed by atoms with Gasteiger partial charge >= 0.3 is 6.01 Å². The normalized spacial score (nSPS) is 10.9. The number of fused-ring (bicyclic) bond motifs is 1.